The van der Waals surface area contributed by atoms with Crippen molar-refractivity contribution < 1.29 is 0 Å². The lowest BCUT2D eigenvalue weighted by molar-refractivity contribution is 0.416. The van der Waals surface area contributed by atoms with E-state index in [1.807, 2.05) is 0 Å². The quantitative estimate of drug-likeness (QED) is 0.795. The van der Waals surface area contributed by atoms with E-state index in [0.29, 0.717) is 0 Å². The predicted octanol–water partition coefficient (Wildman–Crippen LogP) is 3.27. The molecule has 0 radical (unpaired) electrons. The molecular formula is C15H21N. The summed E-state index contributed by atoms with van der Waals surface area (Å²) in [7, 11) is 0. The molecule has 0 atom stereocenters. The molecule has 2 fully saturated rings. The first kappa shape index (κ1) is 10.3. The molecule has 1 N–H and O–H groups in total. The number of nitrogens with one attached hydrogen (secondary N) is 1. The SMILES string of the molecule is Cc1cccc(CNC(C2CC2)C2CC2)c1. The molecule has 0 spiro atoms. The maximum absolute atomic E-state index is 3.79. The first-order valence-electron chi connectivity index (χ1n) is 6.62. The molecule has 0 amide bonds. The Morgan fingerprint density at radius 2 is 1.88 bits per heavy atom. The van der Waals surface area contributed by atoms with Crippen molar-refractivity contribution in [3.8, 4) is 0 Å². The Kier molecular flexibility index (Phi) is 2.72. The van der Waals surface area contributed by atoms with E-state index >= 15 is 0 Å². The molecule has 2 aliphatic carbocycles. The van der Waals surface area contributed by atoms with Crippen LogP contribution in [0.1, 0.15) is 36.8 Å². The third kappa shape index (κ3) is 2.46. The number of hydrogen-bond acceptors (Lipinski definition) is 1. The molecule has 0 bridgehead atoms. The van der Waals surface area contributed by atoms with Gasteiger partial charge in [-0.25, -0.2) is 0 Å². The van der Waals surface area contributed by atoms with Gasteiger partial charge in [-0.3, -0.25) is 0 Å². The van der Waals surface area contributed by atoms with Crippen LogP contribution >= 0.6 is 0 Å². The fourth-order valence-electron chi connectivity index (χ4n) is 2.69. The van der Waals surface area contributed by atoms with Gasteiger partial charge < -0.3 is 5.32 Å². The smallest absolute Gasteiger partial charge is 0.0208 e. The molecule has 1 nitrogen and oxygen atoms in total. The molecule has 2 aliphatic rings. The zero-order chi connectivity index (χ0) is 11.0. The van der Waals surface area contributed by atoms with E-state index in [1.54, 1.807) is 0 Å². The number of benzene rings is 1. The highest BCUT2D eigenvalue weighted by atomic mass is 14.9. The second-order valence-electron chi connectivity index (χ2n) is 5.57. The Balaban J connectivity index is 1.58. The van der Waals surface area contributed by atoms with Crippen LogP contribution in [0.4, 0.5) is 0 Å². The van der Waals surface area contributed by atoms with E-state index in [1.165, 1.54) is 36.8 Å². The van der Waals surface area contributed by atoms with Gasteiger partial charge in [0.15, 0.2) is 0 Å². The summed E-state index contributed by atoms with van der Waals surface area (Å²) in [6, 6.07) is 9.68. The lowest BCUT2D eigenvalue weighted by Gasteiger charge is -2.17. The van der Waals surface area contributed by atoms with Crippen LogP contribution in [0.2, 0.25) is 0 Å². The predicted molar refractivity (Wildman–Crippen MR) is 67.3 cm³/mol. The molecule has 86 valence electrons. The molecule has 16 heavy (non-hydrogen) atoms. The number of hydrogen-bond donors (Lipinski definition) is 1. The van der Waals surface area contributed by atoms with E-state index in [0.717, 1.165) is 24.4 Å². The molecule has 1 aromatic rings. The summed E-state index contributed by atoms with van der Waals surface area (Å²) >= 11 is 0. The van der Waals surface area contributed by atoms with Gasteiger partial charge >= 0.3 is 0 Å². The highest BCUT2D eigenvalue weighted by Crippen LogP contribution is 2.44. The fraction of sp³-hybridized carbons (Fsp3) is 0.600. The van der Waals surface area contributed by atoms with Gasteiger partial charge in [-0.2, -0.15) is 0 Å². The fourth-order valence-corrected chi connectivity index (χ4v) is 2.69. The lowest BCUT2D eigenvalue weighted by atomic mass is 10.1. The molecule has 0 heterocycles. The zero-order valence-corrected chi connectivity index (χ0v) is 10.1. The second-order valence-corrected chi connectivity index (χ2v) is 5.57. The molecule has 0 unspecified atom stereocenters. The lowest BCUT2D eigenvalue weighted by Crippen LogP contribution is -2.32. The molecule has 1 heteroatoms. The summed E-state index contributed by atoms with van der Waals surface area (Å²) < 4.78 is 0. The van der Waals surface area contributed by atoms with Crippen molar-refractivity contribution >= 4 is 0 Å². The standard InChI is InChI=1S/C15H21N/c1-11-3-2-4-12(9-11)10-16-15(13-5-6-13)14-7-8-14/h2-4,9,13-16H,5-8,10H2,1H3. The normalized spacial score (nSPS) is 20.4. The first-order valence-corrected chi connectivity index (χ1v) is 6.62. The van der Waals surface area contributed by atoms with Crippen molar-refractivity contribution in [1.29, 1.82) is 0 Å². The van der Waals surface area contributed by atoms with Crippen LogP contribution < -0.4 is 5.32 Å². The molecule has 3 rings (SSSR count). The summed E-state index contributed by atoms with van der Waals surface area (Å²) in [5.41, 5.74) is 2.81. The van der Waals surface area contributed by atoms with Gasteiger partial charge in [0.25, 0.3) is 0 Å². The van der Waals surface area contributed by atoms with Crippen molar-refractivity contribution in [2.75, 3.05) is 0 Å². The summed E-state index contributed by atoms with van der Waals surface area (Å²) in [6.07, 6.45) is 5.84. The van der Waals surface area contributed by atoms with Gasteiger partial charge in [0, 0.05) is 12.6 Å². The first-order chi connectivity index (χ1) is 7.83. The largest absolute Gasteiger partial charge is 0.309 e. The van der Waals surface area contributed by atoms with E-state index in [4.69, 9.17) is 0 Å². The third-order valence-corrected chi connectivity index (χ3v) is 3.88. The van der Waals surface area contributed by atoms with Crippen molar-refractivity contribution in [2.45, 2.75) is 45.2 Å². The zero-order valence-electron chi connectivity index (χ0n) is 10.1. The molecular weight excluding hydrogens is 194 g/mol. The van der Waals surface area contributed by atoms with E-state index in [2.05, 4.69) is 36.5 Å². The van der Waals surface area contributed by atoms with Crippen LogP contribution in [0.25, 0.3) is 0 Å². The average molecular weight is 215 g/mol. The minimum absolute atomic E-state index is 0.820. The van der Waals surface area contributed by atoms with Crippen LogP contribution in [-0.2, 0) is 6.54 Å². The van der Waals surface area contributed by atoms with Crippen molar-refractivity contribution in [2.24, 2.45) is 11.8 Å². The number of aryl methyl sites for hydroxylation is 1. The maximum Gasteiger partial charge on any atom is 0.0208 e. The second kappa shape index (κ2) is 4.21. The van der Waals surface area contributed by atoms with Crippen molar-refractivity contribution in [3.05, 3.63) is 35.4 Å². The van der Waals surface area contributed by atoms with E-state index in [-0.39, 0.29) is 0 Å². The van der Waals surface area contributed by atoms with Crippen LogP contribution in [0, 0.1) is 18.8 Å². The average Bonchev–Trinajstić information content (AvgIpc) is 3.13. The molecule has 1 aromatic carbocycles. The van der Waals surface area contributed by atoms with Crippen LogP contribution in [-0.4, -0.2) is 6.04 Å². The third-order valence-electron chi connectivity index (χ3n) is 3.88. The summed E-state index contributed by atoms with van der Waals surface area (Å²) in [5, 5.41) is 3.79. The minimum Gasteiger partial charge on any atom is -0.309 e. The van der Waals surface area contributed by atoms with Crippen molar-refractivity contribution in [1.82, 2.24) is 5.32 Å². The van der Waals surface area contributed by atoms with E-state index < -0.39 is 0 Å². The van der Waals surface area contributed by atoms with Crippen LogP contribution in [0.3, 0.4) is 0 Å². The van der Waals surface area contributed by atoms with Gasteiger partial charge in [0.1, 0.15) is 0 Å². The van der Waals surface area contributed by atoms with Crippen LogP contribution in [0.15, 0.2) is 24.3 Å². The van der Waals surface area contributed by atoms with Crippen LogP contribution in [0.5, 0.6) is 0 Å². The van der Waals surface area contributed by atoms with Gasteiger partial charge in [0.2, 0.25) is 0 Å². The molecule has 0 aliphatic heterocycles. The van der Waals surface area contributed by atoms with Gasteiger partial charge in [-0.15, -0.1) is 0 Å². The Labute approximate surface area is 98.3 Å². The highest BCUT2D eigenvalue weighted by molar-refractivity contribution is 5.22. The minimum atomic E-state index is 0.820. The Bertz CT molecular complexity index is 351. The maximum atomic E-state index is 3.79. The molecule has 0 aromatic heterocycles. The van der Waals surface area contributed by atoms with Gasteiger partial charge in [-0.05, 0) is 50.0 Å². The monoisotopic (exact) mass is 215 g/mol. The highest BCUT2D eigenvalue weighted by Gasteiger charge is 2.40. The Morgan fingerprint density at radius 1 is 1.19 bits per heavy atom. The topological polar surface area (TPSA) is 12.0 Å². The Morgan fingerprint density at radius 3 is 2.44 bits per heavy atom. The molecule has 2 saturated carbocycles. The summed E-state index contributed by atoms with van der Waals surface area (Å²) in [4.78, 5) is 0. The molecule has 0 saturated heterocycles. The summed E-state index contributed by atoms with van der Waals surface area (Å²) in [6.45, 7) is 3.22. The Hall–Kier alpha value is -0.820. The van der Waals surface area contributed by atoms with Gasteiger partial charge in [-0.1, -0.05) is 29.8 Å². The number of rotatable bonds is 5. The van der Waals surface area contributed by atoms with Crippen molar-refractivity contribution in [3.63, 3.8) is 0 Å². The summed E-state index contributed by atoms with van der Waals surface area (Å²) in [5.74, 6) is 2.00. The van der Waals surface area contributed by atoms with Gasteiger partial charge in [0.05, 0.1) is 0 Å². The van der Waals surface area contributed by atoms with E-state index in [9.17, 15) is 0 Å².